The molecule has 6 nitrogen and oxygen atoms in total. The number of nitrogens with one attached hydrogen (secondary N) is 1. The highest BCUT2D eigenvalue weighted by atomic mass is 16.5. The maximum atomic E-state index is 12.2. The highest BCUT2D eigenvalue weighted by Gasteiger charge is 2.19. The Labute approximate surface area is 137 Å². The molecule has 23 heavy (non-hydrogen) atoms. The number of nitrogens with zero attached hydrogens (tertiary/aromatic N) is 2. The number of hydrogen-bond donors (Lipinski definition) is 1. The van der Waals surface area contributed by atoms with Crippen molar-refractivity contribution in [2.75, 3.05) is 26.8 Å². The van der Waals surface area contributed by atoms with Crippen LogP contribution in [0.5, 0.6) is 0 Å². The van der Waals surface area contributed by atoms with Crippen molar-refractivity contribution in [3.63, 3.8) is 0 Å². The van der Waals surface area contributed by atoms with Crippen molar-refractivity contribution in [3.8, 4) is 0 Å². The molecule has 1 fully saturated rings. The predicted molar refractivity (Wildman–Crippen MR) is 86.7 cm³/mol. The zero-order chi connectivity index (χ0) is 16.5. The van der Waals surface area contributed by atoms with Gasteiger partial charge in [-0.05, 0) is 25.0 Å². The third-order valence-corrected chi connectivity index (χ3v) is 3.99. The Morgan fingerprint density at radius 2 is 2.26 bits per heavy atom. The van der Waals surface area contributed by atoms with E-state index in [9.17, 15) is 9.59 Å². The molecule has 1 aliphatic heterocycles. The van der Waals surface area contributed by atoms with Crippen molar-refractivity contribution in [3.05, 3.63) is 30.1 Å². The average molecular weight is 319 g/mol. The molecule has 1 atom stereocenters. The van der Waals surface area contributed by atoms with Gasteiger partial charge < -0.3 is 15.0 Å². The van der Waals surface area contributed by atoms with Crippen LogP contribution in [0.2, 0.25) is 0 Å². The van der Waals surface area contributed by atoms with Gasteiger partial charge in [0.1, 0.15) is 0 Å². The van der Waals surface area contributed by atoms with Gasteiger partial charge in [0.05, 0.1) is 18.3 Å². The molecule has 1 N–H and O–H groups in total. The minimum atomic E-state index is -0.270. The summed E-state index contributed by atoms with van der Waals surface area (Å²) in [5, 5.41) is 2.94. The van der Waals surface area contributed by atoms with Crippen LogP contribution in [-0.4, -0.2) is 48.5 Å². The minimum Gasteiger partial charge on any atom is -0.382 e. The van der Waals surface area contributed by atoms with Crippen LogP contribution >= 0.6 is 0 Å². The lowest BCUT2D eigenvalue weighted by molar-refractivity contribution is -0.131. The van der Waals surface area contributed by atoms with E-state index in [2.05, 4.69) is 10.3 Å². The molecule has 0 aliphatic carbocycles. The number of aromatic nitrogens is 1. The smallest absolute Gasteiger partial charge is 0.222 e. The number of amides is 2. The van der Waals surface area contributed by atoms with E-state index < -0.39 is 0 Å². The number of likely N-dealkylation sites (tertiary alicyclic amines) is 1. The SMILES string of the molecule is COC[C@@H](NC(=O)CCN1CCCCCC1=O)c1ccccn1. The number of ether oxygens (including phenoxy) is 1. The molecule has 1 aliphatic rings. The number of rotatable bonds is 7. The highest BCUT2D eigenvalue weighted by molar-refractivity contribution is 5.79. The first-order valence-corrected chi connectivity index (χ1v) is 8.17. The van der Waals surface area contributed by atoms with Gasteiger partial charge in [0, 0.05) is 39.2 Å². The van der Waals surface area contributed by atoms with E-state index in [1.807, 2.05) is 18.2 Å². The fraction of sp³-hybridized carbons (Fsp3) is 0.588. The van der Waals surface area contributed by atoms with Crippen LogP contribution in [0.4, 0.5) is 0 Å². The summed E-state index contributed by atoms with van der Waals surface area (Å²) >= 11 is 0. The van der Waals surface area contributed by atoms with E-state index in [1.54, 1.807) is 18.2 Å². The van der Waals surface area contributed by atoms with Crippen molar-refractivity contribution in [1.29, 1.82) is 0 Å². The van der Waals surface area contributed by atoms with Crippen LogP contribution in [0.1, 0.15) is 43.8 Å². The van der Waals surface area contributed by atoms with Crippen LogP contribution in [0.25, 0.3) is 0 Å². The lowest BCUT2D eigenvalue weighted by Crippen LogP contribution is -2.37. The minimum absolute atomic E-state index is 0.0882. The van der Waals surface area contributed by atoms with Crippen molar-refractivity contribution in [2.24, 2.45) is 0 Å². The van der Waals surface area contributed by atoms with Crippen LogP contribution in [0.15, 0.2) is 24.4 Å². The van der Waals surface area contributed by atoms with Gasteiger partial charge in [-0.2, -0.15) is 0 Å². The van der Waals surface area contributed by atoms with E-state index in [0.717, 1.165) is 31.5 Å². The van der Waals surface area contributed by atoms with Crippen molar-refractivity contribution >= 4 is 11.8 Å². The van der Waals surface area contributed by atoms with Gasteiger partial charge >= 0.3 is 0 Å². The van der Waals surface area contributed by atoms with E-state index >= 15 is 0 Å². The molecule has 0 aromatic carbocycles. The van der Waals surface area contributed by atoms with E-state index in [1.165, 1.54) is 0 Å². The Hall–Kier alpha value is -1.95. The number of carbonyl (C=O) groups excluding carboxylic acids is 2. The van der Waals surface area contributed by atoms with Crippen molar-refractivity contribution in [2.45, 2.75) is 38.1 Å². The standard InChI is InChI=1S/C17H25N3O3/c1-23-13-15(14-7-4-5-10-18-14)19-16(21)9-12-20-11-6-2-3-8-17(20)22/h4-5,7,10,15H,2-3,6,8-9,11-13H2,1H3,(H,19,21)/t15-/m1/s1. The fourth-order valence-corrected chi connectivity index (χ4v) is 2.73. The monoisotopic (exact) mass is 319 g/mol. The summed E-state index contributed by atoms with van der Waals surface area (Å²) in [6.07, 6.45) is 5.66. The van der Waals surface area contributed by atoms with Crippen molar-refractivity contribution in [1.82, 2.24) is 15.2 Å². The quantitative estimate of drug-likeness (QED) is 0.830. The summed E-state index contributed by atoms with van der Waals surface area (Å²) in [6, 6.07) is 5.31. The van der Waals surface area contributed by atoms with Gasteiger partial charge in [0.2, 0.25) is 11.8 Å². The molecule has 126 valence electrons. The summed E-state index contributed by atoms with van der Waals surface area (Å²) in [5.74, 6) is 0.0724. The zero-order valence-electron chi connectivity index (χ0n) is 13.7. The summed E-state index contributed by atoms with van der Waals surface area (Å²) in [6.45, 7) is 1.60. The van der Waals surface area contributed by atoms with Crippen LogP contribution < -0.4 is 5.32 Å². The number of hydrogen-bond acceptors (Lipinski definition) is 4. The second-order valence-corrected chi connectivity index (χ2v) is 5.77. The maximum Gasteiger partial charge on any atom is 0.222 e. The molecule has 1 saturated heterocycles. The summed E-state index contributed by atoms with van der Waals surface area (Å²) in [7, 11) is 1.60. The molecule has 2 amide bonds. The Balaban J connectivity index is 1.85. The van der Waals surface area contributed by atoms with Gasteiger partial charge in [-0.3, -0.25) is 14.6 Å². The van der Waals surface area contributed by atoms with Gasteiger partial charge in [-0.25, -0.2) is 0 Å². The summed E-state index contributed by atoms with van der Waals surface area (Å²) < 4.78 is 5.17. The predicted octanol–water partition coefficient (Wildman–Crippen LogP) is 1.68. The number of pyridine rings is 1. The third-order valence-electron chi connectivity index (χ3n) is 3.99. The van der Waals surface area contributed by atoms with E-state index in [-0.39, 0.29) is 17.9 Å². The average Bonchev–Trinajstić information content (AvgIpc) is 2.78. The van der Waals surface area contributed by atoms with E-state index in [0.29, 0.717) is 26.0 Å². The van der Waals surface area contributed by atoms with E-state index in [4.69, 9.17) is 4.74 Å². The normalized spacial score (nSPS) is 16.7. The second kappa shape index (κ2) is 9.25. The Kier molecular flexibility index (Phi) is 7.00. The number of carbonyl (C=O) groups is 2. The van der Waals surface area contributed by atoms with Gasteiger partial charge in [-0.15, -0.1) is 0 Å². The molecule has 0 unspecified atom stereocenters. The lowest BCUT2D eigenvalue weighted by atomic mass is 10.2. The Morgan fingerprint density at radius 3 is 3.00 bits per heavy atom. The van der Waals surface area contributed by atoms with Crippen LogP contribution in [0.3, 0.4) is 0 Å². The lowest BCUT2D eigenvalue weighted by Gasteiger charge is -2.21. The Morgan fingerprint density at radius 1 is 1.39 bits per heavy atom. The summed E-state index contributed by atoms with van der Waals surface area (Å²) in [4.78, 5) is 30.2. The molecule has 1 aromatic rings. The van der Waals surface area contributed by atoms with Gasteiger partial charge in [-0.1, -0.05) is 12.5 Å². The summed E-state index contributed by atoms with van der Waals surface area (Å²) in [5.41, 5.74) is 0.772. The molecule has 0 saturated carbocycles. The van der Waals surface area contributed by atoms with Gasteiger partial charge in [0.15, 0.2) is 0 Å². The molecule has 0 radical (unpaired) electrons. The molecule has 1 aromatic heterocycles. The first-order valence-electron chi connectivity index (χ1n) is 8.17. The first-order chi connectivity index (χ1) is 11.2. The Bertz CT molecular complexity index is 507. The van der Waals surface area contributed by atoms with Gasteiger partial charge in [0.25, 0.3) is 0 Å². The molecular formula is C17H25N3O3. The number of methoxy groups -OCH3 is 1. The molecule has 0 bridgehead atoms. The highest BCUT2D eigenvalue weighted by Crippen LogP contribution is 2.13. The molecule has 2 rings (SSSR count). The molecular weight excluding hydrogens is 294 g/mol. The maximum absolute atomic E-state index is 12.2. The third kappa shape index (κ3) is 5.63. The zero-order valence-corrected chi connectivity index (χ0v) is 13.7. The van der Waals surface area contributed by atoms with Crippen molar-refractivity contribution < 1.29 is 14.3 Å². The van der Waals surface area contributed by atoms with Crippen LogP contribution in [-0.2, 0) is 14.3 Å². The molecule has 2 heterocycles. The molecule has 0 spiro atoms. The van der Waals surface area contributed by atoms with Crippen LogP contribution in [0, 0.1) is 0 Å². The second-order valence-electron chi connectivity index (χ2n) is 5.77. The topological polar surface area (TPSA) is 71.5 Å². The first kappa shape index (κ1) is 17.4. The molecule has 6 heteroatoms. The largest absolute Gasteiger partial charge is 0.382 e. The fourth-order valence-electron chi connectivity index (χ4n) is 2.73.